The van der Waals surface area contributed by atoms with Crippen LogP contribution in [-0.2, 0) is 16.4 Å². The molecule has 0 amide bonds. The lowest BCUT2D eigenvalue weighted by Gasteiger charge is -2.09. The Bertz CT molecular complexity index is 608. The molecule has 0 aliphatic carbocycles. The van der Waals surface area contributed by atoms with Crippen molar-refractivity contribution in [2.45, 2.75) is 11.3 Å². The predicted molar refractivity (Wildman–Crippen MR) is 68.6 cm³/mol. The van der Waals surface area contributed by atoms with E-state index in [1.807, 2.05) is 0 Å². The van der Waals surface area contributed by atoms with Crippen molar-refractivity contribution in [3.05, 3.63) is 42.5 Å². The first kappa shape index (κ1) is 12.6. The molecule has 1 aromatic heterocycles. The third-order valence-electron chi connectivity index (χ3n) is 2.43. The summed E-state index contributed by atoms with van der Waals surface area (Å²) >= 11 is 0. The molecule has 7 heteroatoms. The van der Waals surface area contributed by atoms with E-state index < -0.39 is 10.0 Å². The first-order valence-corrected chi connectivity index (χ1v) is 6.96. The van der Waals surface area contributed by atoms with Crippen molar-refractivity contribution in [1.82, 2.24) is 9.97 Å². The first-order valence-electron chi connectivity index (χ1n) is 5.41. The number of nitrogens with zero attached hydrogens (tertiary/aromatic N) is 1. The molecule has 4 N–H and O–H groups in total. The minimum absolute atomic E-state index is 0.101. The Labute approximate surface area is 105 Å². The molecule has 1 heterocycles. The summed E-state index contributed by atoms with van der Waals surface area (Å²) in [5.74, 6) is 0.843. The summed E-state index contributed by atoms with van der Waals surface area (Å²) in [6, 6.07) is 6.55. The molecule has 0 radical (unpaired) electrons. The average Bonchev–Trinajstić information content (AvgIpc) is 2.81. The van der Waals surface area contributed by atoms with Crippen LogP contribution in [0, 0.1) is 0 Å². The van der Waals surface area contributed by atoms with Crippen molar-refractivity contribution >= 4 is 15.7 Å². The minimum Gasteiger partial charge on any atom is -0.383 e. The maximum atomic E-state index is 11.4. The number of para-hydroxylation sites is 1. The summed E-state index contributed by atoms with van der Waals surface area (Å²) in [6.07, 6.45) is 4.09. The molecule has 0 saturated heterocycles. The van der Waals surface area contributed by atoms with E-state index in [0.29, 0.717) is 18.7 Å². The smallest absolute Gasteiger partial charge is 0.240 e. The van der Waals surface area contributed by atoms with Gasteiger partial charge in [0.15, 0.2) is 0 Å². The highest BCUT2D eigenvalue weighted by Crippen LogP contribution is 2.18. The molecule has 18 heavy (non-hydrogen) atoms. The van der Waals surface area contributed by atoms with Gasteiger partial charge in [0, 0.05) is 25.4 Å². The van der Waals surface area contributed by atoms with Gasteiger partial charge in [0.25, 0.3) is 0 Å². The van der Waals surface area contributed by atoms with Gasteiger partial charge in [-0.3, -0.25) is 0 Å². The number of sulfonamides is 1. The molecular formula is C11H14N4O2S. The van der Waals surface area contributed by atoms with Crippen LogP contribution >= 0.6 is 0 Å². The van der Waals surface area contributed by atoms with Crippen molar-refractivity contribution in [3.63, 3.8) is 0 Å². The normalized spacial score (nSPS) is 11.4. The molecule has 6 nitrogen and oxygen atoms in total. The van der Waals surface area contributed by atoms with Crippen LogP contribution in [0.3, 0.4) is 0 Å². The lowest BCUT2D eigenvalue weighted by molar-refractivity contribution is 0.598. The molecule has 0 fully saturated rings. The van der Waals surface area contributed by atoms with Crippen LogP contribution in [0.1, 0.15) is 5.82 Å². The minimum atomic E-state index is -3.70. The maximum Gasteiger partial charge on any atom is 0.240 e. The summed E-state index contributed by atoms with van der Waals surface area (Å²) < 4.78 is 22.7. The zero-order valence-electron chi connectivity index (χ0n) is 9.63. The zero-order valence-corrected chi connectivity index (χ0v) is 10.4. The Morgan fingerprint density at radius 1 is 1.33 bits per heavy atom. The van der Waals surface area contributed by atoms with E-state index in [-0.39, 0.29) is 4.90 Å². The highest BCUT2D eigenvalue weighted by Gasteiger charge is 2.12. The fourth-order valence-corrected chi connectivity index (χ4v) is 2.33. The number of hydrogen-bond donors (Lipinski definition) is 3. The molecule has 0 bridgehead atoms. The second kappa shape index (κ2) is 5.19. The Morgan fingerprint density at radius 2 is 2.11 bits per heavy atom. The summed E-state index contributed by atoms with van der Waals surface area (Å²) in [4.78, 5) is 7.16. The summed E-state index contributed by atoms with van der Waals surface area (Å²) in [6.45, 7) is 0.569. The van der Waals surface area contributed by atoms with E-state index in [1.54, 1.807) is 30.6 Å². The molecule has 0 spiro atoms. The van der Waals surface area contributed by atoms with Crippen molar-refractivity contribution in [2.24, 2.45) is 5.14 Å². The van der Waals surface area contributed by atoms with Gasteiger partial charge in [-0.05, 0) is 12.1 Å². The van der Waals surface area contributed by atoms with E-state index in [4.69, 9.17) is 5.14 Å². The lowest BCUT2D eigenvalue weighted by Crippen LogP contribution is -2.16. The van der Waals surface area contributed by atoms with E-state index >= 15 is 0 Å². The van der Waals surface area contributed by atoms with Gasteiger partial charge in [-0.15, -0.1) is 0 Å². The Kier molecular flexibility index (Phi) is 3.63. The van der Waals surface area contributed by atoms with E-state index in [2.05, 4.69) is 15.3 Å². The summed E-state index contributed by atoms with van der Waals surface area (Å²) in [5, 5.41) is 8.18. The zero-order chi connectivity index (χ0) is 13.0. The molecule has 0 aliphatic rings. The molecule has 0 unspecified atom stereocenters. The number of rotatable bonds is 5. The number of nitrogens with one attached hydrogen (secondary N) is 2. The number of benzene rings is 1. The standard InChI is InChI=1S/C11H14N4O2S/c12-18(16,17)10-4-2-1-3-9(10)13-6-5-11-14-7-8-15-11/h1-4,7-8,13H,5-6H2,(H,14,15)(H2,12,16,17). The molecule has 2 aromatic rings. The molecule has 2 rings (SSSR count). The number of aromatic amines is 1. The molecule has 0 aliphatic heterocycles. The Balaban J connectivity index is 2.06. The largest absolute Gasteiger partial charge is 0.383 e. The van der Waals surface area contributed by atoms with Crippen LogP contribution in [0.5, 0.6) is 0 Å². The van der Waals surface area contributed by atoms with Gasteiger partial charge >= 0.3 is 0 Å². The molecular weight excluding hydrogens is 252 g/mol. The second-order valence-electron chi connectivity index (χ2n) is 3.75. The van der Waals surface area contributed by atoms with Crippen LogP contribution in [0.4, 0.5) is 5.69 Å². The predicted octanol–water partition coefficient (Wildman–Crippen LogP) is 0.712. The van der Waals surface area contributed by atoms with E-state index in [0.717, 1.165) is 5.82 Å². The third-order valence-corrected chi connectivity index (χ3v) is 3.39. The molecule has 0 atom stereocenters. The Hall–Kier alpha value is -1.86. The highest BCUT2D eigenvalue weighted by molar-refractivity contribution is 7.89. The third kappa shape index (κ3) is 3.08. The summed E-state index contributed by atoms with van der Waals surface area (Å²) in [5.41, 5.74) is 0.506. The quantitative estimate of drug-likeness (QED) is 0.742. The second-order valence-corrected chi connectivity index (χ2v) is 5.28. The van der Waals surface area contributed by atoms with Gasteiger partial charge in [0.2, 0.25) is 10.0 Å². The molecule has 1 aromatic carbocycles. The van der Waals surface area contributed by atoms with Gasteiger partial charge in [-0.1, -0.05) is 12.1 Å². The van der Waals surface area contributed by atoms with Crippen molar-refractivity contribution in [1.29, 1.82) is 0 Å². The number of primary sulfonamides is 1. The van der Waals surface area contributed by atoms with Crippen molar-refractivity contribution in [2.75, 3.05) is 11.9 Å². The van der Waals surface area contributed by atoms with Crippen molar-refractivity contribution < 1.29 is 8.42 Å². The SMILES string of the molecule is NS(=O)(=O)c1ccccc1NCCc1ncc[nH]1. The van der Waals surface area contributed by atoms with Crippen LogP contribution in [0.25, 0.3) is 0 Å². The van der Waals surface area contributed by atoms with Gasteiger partial charge in [-0.25, -0.2) is 18.5 Å². The van der Waals surface area contributed by atoms with Crippen molar-refractivity contribution in [3.8, 4) is 0 Å². The number of hydrogen-bond acceptors (Lipinski definition) is 4. The molecule has 0 saturated carbocycles. The number of H-pyrrole nitrogens is 1. The monoisotopic (exact) mass is 266 g/mol. The number of nitrogens with two attached hydrogens (primary N) is 1. The van der Waals surface area contributed by atoms with Gasteiger partial charge in [-0.2, -0.15) is 0 Å². The topological polar surface area (TPSA) is 101 Å². The first-order chi connectivity index (χ1) is 8.57. The summed E-state index contributed by atoms with van der Waals surface area (Å²) in [7, 11) is -3.70. The Morgan fingerprint density at radius 3 is 2.78 bits per heavy atom. The van der Waals surface area contributed by atoms with Crippen LogP contribution in [-0.4, -0.2) is 24.9 Å². The van der Waals surface area contributed by atoms with Gasteiger partial charge < -0.3 is 10.3 Å². The maximum absolute atomic E-state index is 11.4. The number of aromatic nitrogens is 2. The van der Waals surface area contributed by atoms with Crippen LogP contribution in [0.15, 0.2) is 41.6 Å². The van der Waals surface area contributed by atoms with Crippen LogP contribution < -0.4 is 10.5 Å². The van der Waals surface area contributed by atoms with E-state index in [1.165, 1.54) is 6.07 Å². The lowest BCUT2D eigenvalue weighted by atomic mass is 10.3. The molecule has 96 valence electrons. The van der Waals surface area contributed by atoms with Gasteiger partial charge in [0.05, 0.1) is 5.69 Å². The van der Waals surface area contributed by atoms with E-state index in [9.17, 15) is 8.42 Å². The fraction of sp³-hybridized carbons (Fsp3) is 0.182. The van der Waals surface area contributed by atoms with Gasteiger partial charge in [0.1, 0.15) is 10.7 Å². The van der Waals surface area contributed by atoms with Crippen LogP contribution in [0.2, 0.25) is 0 Å². The highest BCUT2D eigenvalue weighted by atomic mass is 32.2. The average molecular weight is 266 g/mol. The fourth-order valence-electron chi connectivity index (χ4n) is 1.61. The number of imidazole rings is 1. The number of anilines is 1.